The van der Waals surface area contributed by atoms with Crippen LogP contribution in [0.5, 0.6) is 5.75 Å². The summed E-state index contributed by atoms with van der Waals surface area (Å²) >= 11 is 0. The van der Waals surface area contributed by atoms with E-state index in [9.17, 15) is 18.8 Å². The first kappa shape index (κ1) is 29.3. The van der Waals surface area contributed by atoms with Gasteiger partial charge in [0.25, 0.3) is 0 Å². The van der Waals surface area contributed by atoms with Crippen LogP contribution in [0, 0.1) is 28.9 Å². The van der Waals surface area contributed by atoms with Crippen LogP contribution in [-0.4, -0.2) is 49.5 Å². The van der Waals surface area contributed by atoms with Crippen molar-refractivity contribution in [3.05, 3.63) is 95.6 Å². The summed E-state index contributed by atoms with van der Waals surface area (Å²) in [5, 5.41) is 9.27. The van der Waals surface area contributed by atoms with Gasteiger partial charge in [-0.2, -0.15) is 5.26 Å². The van der Waals surface area contributed by atoms with Gasteiger partial charge in [-0.3, -0.25) is 4.90 Å². The van der Waals surface area contributed by atoms with Crippen molar-refractivity contribution in [1.82, 2.24) is 0 Å². The number of carbonyl (C=O) groups excluding carboxylic acids is 1. The molecule has 6 nitrogen and oxygen atoms in total. The fourth-order valence-electron chi connectivity index (χ4n) is 5.82. The van der Waals surface area contributed by atoms with E-state index in [4.69, 9.17) is 9.47 Å². The van der Waals surface area contributed by atoms with E-state index >= 15 is 0 Å². The number of piperidine rings is 3. The first-order valence-electron chi connectivity index (χ1n) is 13.4. The van der Waals surface area contributed by atoms with Gasteiger partial charge in [0.2, 0.25) is 0 Å². The average molecular weight is 568 g/mol. The lowest BCUT2D eigenvalue weighted by Crippen LogP contribution is -3.00. The number of nitriles is 1. The van der Waals surface area contributed by atoms with E-state index in [-0.39, 0.29) is 42.5 Å². The Balaban J connectivity index is 0.00000370. The largest absolute Gasteiger partial charge is 1.00 e. The van der Waals surface area contributed by atoms with Gasteiger partial charge in [-0.05, 0) is 42.0 Å². The fraction of sp³-hybridized carbons (Fsp3) is 0.355. The van der Waals surface area contributed by atoms with E-state index in [0.717, 1.165) is 43.4 Å². The molecule has 0 unspecified atom stereocenters. The van der Waals surface area contributed by atoms with Crippen LogP contribution in [0.2, 0.25) is 0 Å². The molecule has 3 saturated heterocycles. The van der Waals surface area contributed by atoms with Gasteiger partial charge < -0.3 is 26.4 Å². The van der Waals surface area contributed by atoms with E-state index in [1.807, 2.05) is 12.1 Å². The molecule has 3 aliphatic heterocycles. The third-order valence-electron chi connectivity index (χ3n) is 7.95. The summed E-state index contributed by atoms with van der Waals surface area (Å²) in [5.41, 5.74) is 1.33. The van der Waals surface area contributed by atoms with Crippen molar-refractivity contribution in [1.29, 1.82) is 5.26 Å². The second-order valence-electron chi connectivity index (χ2n) is 10.4. The molecule has 9 heteroatoms. The summed E-state index contributed by atoms with van der Waals surface area (Å²) in [7, 11) is 0. The van der Waals surface area contributed by atoms with Gasteiger partial charge >= 0.3 is 6.09 Å². The van der Waals surface area contributed by atoms with Crippen molar-refractivity contribution in [2.24, 2.45) is 5.92 Å². The van der Waals surface area contributed by atoms with Crippen LogP contribution in [0.25, 0.3) is 0 Å². The van der Waals surface area contributed by atoms with E-state index in [0.29, 0.717) is 30.0 Å². The zero-order valence-corrected chi connectivity index (χ0v) is 22.9. The van der Waals surface area contributed by atoms with Crippen molar-refractivity contribution in [3.63, 3.8) is 0 Å². The van der Waals surface area contributed by atoms with Gasteiger partial charge in [0.15, 0.2) is 6.10 Å². The van der Waals surface area contributed by atoms with Crippen molar-refractivity contribution in [3.8, 4) is 11.8 Å². The molecule has 2 bridgehead atoms. The number of hydrogen-bond donors (Lipinski definition) is 0. The first-order valence-corrected chi connectivity index (χ1v) is 13.4. The molecule has 0 aromatic heterocycles. The van der Waals surface area contributed by atoms with Crippen LogP contribution in [0.1, 0.15) is 30.4 Å². The van der Waals surface area contributed by atoms with Gasteiger partial charge in [-0.15, -0.1) is 0 Å². The molecular formula is C31H32ClF2N3O3. The molecule has 0 N–H and O–H groups in total. The molecule has 0 spiro atoms. The Kier molecular flexibility index (Phi) is 9.62. The number of amides is 1. The highest BCUT2D eigenvalue weighted by Crippen LogP contribution is 2.36. The molecule has 6 rings (SSSR count). The summed E-state index contributed by atoms with van der Waals surface area (Å²) in [5.74, 6) is -0.0220. The van der Waals surface area contributed by atoms with Gasteiger partial charge in [0, 0.05) is 25.2 Å². The van der Waals surface area contributed by atoms with Gasteiger partial charge in [-0.1, -0.05) is 36.4 Å². The fourth-order valence-corrected chi connectivity index (χ4v) is 5.82. The summed E-state index contributed by atoms with van der Waals surface area (Å²) < 4.78 is 41.0. The van der Waals surface area contributed by atoms with E-state index in [1.54, 1.807) is 42.5 Å². The number of carbonyl (C=O) groups is 1. The van der Waals surface area contributed by atoms with Gasteiger partial charge in [-0.25, -0.2) is 13.6 Å². The average Bonchev–Trinajstić information content (AvgIpc) is 2.96. The molecule has 3 aromatic rings. The molecule has 0 aliphatic carbocycles. The predicted molar refractivity (Wildman–Crippen MR) is 143 cm³/mol. The Labute approximate surface area is 239 Å². The highest BCUT2D eigenvalue weighted by Gasteiger charge is 2.47. The van der Waals surface area contributed by atoms with Crippen molar-refractivity contribution < 1.29 is 39.9 Å². The standard InChI is InChI=1S/C31H32F2N3O3.ClH/c32-26-12-10-23(11-13-26)21-35(28-8-3-2-7-27(28)33)31(37)39-30-22-36(17-14-24(30)15-18-36)16-5-19-38-29-9-4-1-6-25(29)20-34;/h1-4,6-13,24,30H,5,14-19,21-22H2;1H/q+1;/p-1/t24?,30-,36?;/m0./s1. The second kappa shape index (κ2) is 13.1. The van der Waals surface area contributed by atoms with Crippen molar-refractivity contribution in [2.75, 3.05) is 37.7 Å². The van der Waals surface area contributed by atoms with Crippen LogP contribution >= 0.6 is 0 Å². The normalized spacial score (nSPS) is 21.1. The highest BCUT2D eigenvalue weighted by molar-refractivity contribution is 5.87. The molecule has 0 saturated carbocycles. The van der Waals surface area contributed by atoms with Crippen molar-refractivity contribution in [2.45, 2.75) is 31.9 Å². The van der Waals surface area contributed by atoms with Gasteiger partial charge in [0.1, 0.15) is 30.0 Å². The summed E-state index contributed by atoms with van der Waals surface area (Å²) in [6.07, 6.45) is 1.89. The summed E-state index contributed by atoms with van der Waals surface area (Å²) in [6, 6.07) is 21.3. The maximum Gasteiger partial charge on any atom is 0.415 e. The maximum absolute atomic E-state index is 14.8. The monoisotopic (exact) mass is 567 g/mol. The second-order valence-corrected chi connectivity index (χ2v) is 10.4. The van der Waals surface area contributed by atoms with Crippen LogP contribution in [0.15, 0.2) is 72.8 Å². The van der Waals surface area contributed by atoms with Crippen LogP contribution in [0.3, 0.4) is 0 Å². The molecule has 3 fully saturated rings. The number of rotatable bonds is 9. The molecule has 0 radical (unpaired) electrons. The molecule has 40 heavy (non-hydrogen) atoms. The topological polar surface area (TPSA) is 62.6 Å². The number of nitrogens with zero attached hydrogens (tertiary/aromatic N) is 3. The summed E-state index contributed by atoms with van der Waals surface area (Å²) in [6.45, 7) is 4.24. The molecule has 3 aliphatic rings. The quantitative estimate of drug-likeness (QED) is 0.295. The number of fused-ring (bicyclic) bond motifs is 3. The Morgan fingerprint density at radius 1 is 1.00 bits per heavy atom. The van der Waals surface area contributed by atoms with E-state index in [2.05, 4.69) is 6.07 Å². The number of quaternary nitrogens is 1. The molecular weight excluding hydrogens is 536 g/mol. The third-order valence-corrected chi connectivity index (χ3v) is 7.95. The Hall–Kier alpha value is -3.67. The lowest BCUT2D eigenvalue weighted by atomic mass is 9.83. The Bertz CT molecular complexity index is 1340. The van der Waals surface area contributed by atoms with Gasteiger partial charge in [0.05, 0.1) is 44.0 Å². The smallest absolute Gasteiger partial charge is 0.415 e. The number of anilines is 1. The number of hydrogen-bond acceptors (Lipinski definition) is 4. The SMILES string of the molecule is N#Cc1ccccc1OCCC[N+]12CCC(CC1)[C@@H](OC(=O)N(Cc1ccc(F)cc1)c1ccccc1F)C2.[Cl-]. The number of halogens is 3. The lowest BCUT2D eigenvalue weighted by molar-refractivity contribution is -0.946. The minimum atomic E-state index is -0.599. The Morgan fingerprint density at radius 2 is 1.70 bits per heavy atom. The highest BCUT2D eigenvalue weighted by atomic mass is 35.5. The van der Waals surface area contributed by atoms with E-state index in [1.165, 1.54) is 23.1 Å². The molecule has 210 valence electrons. The zero-order valence-electron chi connectivity index (χ0n) is 22.1. The number of para-hydroxylation sites is 2. The maximum atomic E-state index is 14.8. The first-order chi connectivity index (χ1) is 19.0. The minimum Gasteiger partial charge on any atom is -1.00 e. The summed E-state index contributed by atoms with van der Waals surface area (Å²) in [4.78, 5) is 14.8. The predicted octanol–water partition coefficient (Wildman–Crippen LogP) is 3.06. The van der Waals surface area contributed by atoms with Crippen LogP contribution in [0.4, 0.5) is 19.3 Å². The molecule has 1 amide bonds. The van der Waals surface area contributed by atoms with Crippen LogP contribution < -0.4 is 22.0 Å². The Morgan fingerprint density at radius 3 is 2.42 bits per heavy atom. The third kappa shape index (κ3) is 6.72. The van der Waals surface area contributed by atoms with Crippen LogP contribution in [-0.2, 0) is 11.3 Å². The zero-order chi connectivity index (χ0) is 27.2. The minimum absolute atomic E-state index is 0. The number of ether oxygens (including phenoxy) is 2. The van der Waals surface area contributed by atoms with Crippen molar-refractivity contribution >= 4 is 11.8 Å². The van der Waals surface area contributed by atoms with E-state index < -0.39 is 11.9 Å². The lowest BCUT2D eigenvalue weighted by Gasteiger charge is -2.52. The number of benzene rings is 3. The molecule has 3 heterocycles. The molecule has 3 aromatic carbocycles. The molecule has 1 atom stereocenters.